The van der Waals surface area contributed by atoms with Gasteiger partial charge in [0, 0.05) is 45.8 Å². The summed E-state index contributed by atoms with van der Waals surface area (Å²) in [6.45, 7) is 20.3. The zero-order chi connectivity index (χ0) is 36.4. The molecule has 1 nitrogen and oxygen atoms in total. The van der Waals surface area contributed by atoms with Gasteiger partial charge in [0.05, 0.1) is 11.4 Å². The predicted octanol–water partition coefficient (Wildman–Crippen LogP) is 12.8. The van der Waals surface area contributed by atoms with Crippen LogP contribution in [-0.2, 0) is 21.7 Å². The minimum atomic E-state index is 0.0787. The van der Waals surface area contributed by atoms with Crippen LogP contribution in [0.5, 0.6) is 0 Å². The molecule has 4 aromatic carbocycles. The highest BCUT2D eigenvalue weighted by atomic mass is 32.1. The first-order valence-corrected chi connectivity index (χ1v) is 22.1. The maximum atomic E-state index is 2.84. The number of rotatable bonds is 2. The summed E-state index contributed by atoms with van der Waals surface area (Å²) >= 11 is 6.09. The van der Waals surface area contributed by atoms with Crippen molar-refractivity contribution in [1.29, 1.82) is 0 Å². The number of thiophene rings is 3. The summed E-state index contributed by atoms with van der Waals surface area (Å²) in [6, 6.07) is 30.5. The summed E-state index contributed by atoms with van der Waals surface area (Å²) in [6.07, 6.45) is 4.87. The molecule has 5 heteroatoms. The van der Waals surface area contributed by atoms with Gasteiger partial charge in [-0.2, -0.15) is 11.3 Å². The number of anilines is 3. The van der Waals surface area contributed by atoms with Crippen LogP contribution < -0.4 is 20.6 Å². The molecule has 0 atom stereocenters. The standard InChI is InChI=1S/C48H46BNS3/c1-45(2)20-22-47(5,6)42-38(45)34(26-51-42)50-33-25-27(28-16-13-19-36-37(28)30-15-10-12-18-35(30)52-36)24-31-29-14-9-11-17-32(29)49(40(31)33)44-41(50)39-43(53-44)48(7,8)23-21-46(39,3)4/h9-19,24-26H,20-23H2,1-8H3. The minimum absolute atomic E-state index is 0.0787. The van der Waals surface area contributed by atoms with E-state index in [2.05, 4.69) is 156 Å². The normalized spacial score (nSPS) is 19.5. The highest BCUT2D eigenvalue weighted by Gasteiger charge is 2.52. The first-order chi connectivity index (χ1) is 25.3. The topological polar surface area (TPSA) is 3.24 Å². The fourth-order valence-electron chi connectivity index (χ4n) is 10.7. The van der Waals surface area contributed by atoms with Crippen molar-refractivity contribution in [3.63, 3.8) is 0 Å². The molecular weight excluding hydrogens is 698 g/mol. The number of nitrogens with zero attached hydrogens (tertiary/aromatic N) is 1. The van der Waals surface area contributed by atoms with Crippen molar-refractivity contribution in [2.75, 3.05) is 4.90 Å². The van der Waals surface area contributed by atoms with E-state index in [-0.39, 0.29) is 28.4 Å². The van der Waals surface area contributed by atoms with Gasteiger partial charge < -0.3 is 4.90 Å². The fourth-order valence-corrected chi connectivity index (χ4v) is 14.9. The van der Waals surface area contributed by atoms with Crippen molar-refractivity contribution < 1.29 is 0 Å². The van der Waals surface area contributed by atoms with E-state index in [1.165, 1.54) is 96.1 Å². The predicted molar refractivity (Wildman–Crippen MR) is 236 cm³/mol. The molecule has 53 heavy (non-hydrogen) atoms. The number of hydrogen-bond donors (Lipinski definition) is 0. The van der Waals surface area contributed by atoms with E-state index in [1.807, 2.05) is 22.7 Å². The fraction of sp³-hybridized carbons (Fsp3) is 0.333. The van der Waals surface area contributed by atoms with Gasteiger partial charge in [-0.05, 0) is 110 Å². The third-order valence-corrected chi connectivity index (χ3v) is 17.8. The van der Waals surface area contributed by atoms with Crippen LogP contribution in [0.3, 0.4) is 0 Å². The van der Waals surface area contributed by atoms with E-state index in [4.69, 9.17) is 0 Å². The Labute approximate surface area is 326 Å². The maximum Gasteiger partial charge on any atom is 0.260 e. The van der Waals surface area contributed by atoms with Gasteiger partial charge in [0.15, 0.2) is 0 Å². The molecule has 7 aromatic rings. The molecule has 4 aliphatic rings. The molecule has 264 valence electrons. The van der Waals surface area contributed by atoms with Crippen molar-refractivity contribution >= 4 is 93.7 Å². The van der Waals surface area contributed by atoms with Gasteiger partial charge >= 0.3 is 0 Å². The van der Waals surface area contributed by atoms with Crippen molar-refractivity contribution in [3.8, 4) is 22.3 Å². The first-order valence-electron chi connectivity index (χ1n) is 19.5. The van der Waals surface area contributed by atoms with Crippen molar-refractivity contribution in [2.24, 2.45) is 0 Å². The van der Waals surface area contributed by atoms with Gasteiger partial charge in [-0.3, -0.25) is 0 Å². The lowest BCUT2D eigenvalue weighted by Crippen LogP contribution is -2.54. The highest BCUT2D eigenvalue weighted by Crippen LogP contribution is 2.60. The minimum Gasteiger partial charge on any atom is -0.309 e. The van der Waals surface area contributed by atoms with E-state index in [9.17, 15) is 0 Å². The van der Waals surface area contributed by atoms with Crippen LogP contribution in [0, 0.1) is 0 Å². The zero-order valence-electron chi connectivity index (χ0n) is 32.2. The summed E-state index contributed by atoms with van der Waals surface area (Å²) < 4.78 is 4.28. The molecule has 0 saturated heterocycles. The van der Waals surface area contributed by atoms with E-state index in [1.54, 1.807) is 25.7 Å². The Morgan fingerprint density at radius 2 is 1.25 bits per heavy atom. The van der Waals surface area contributed by atoms with Crippen LogP contribution in [0.1, 0.15) is 102 Å². The maximum absolute atomic E-state index is 2.84. The first kappa shape index (κ1) is 32.8. The molecule has 0 unspecified atom stereocenters. The third-order valence-electron chi connectivity index (χ3n) is 13.7. The SMILES string of the molecule is CC1(C)CCC(C)(C)c2c(N3c4cc(-c5cccc6sc7ccccc7c56)cc5c4B(c4ccccc4-5)c4sc5c(c43)C(C)(C)CCC5(C)C)csc21. The largest absolute Gasteiger partial charge is 0.309 e. The quantitative estimate of drug-likeness (QED) is 0.159. The summed E-state index contributed by atoms with van der Waals surface area (Å²) in [7, 11) is 0. The van der Waals surface area contributed by atoms with Gasteiger partial charge in [-0.1, -0.05) is 115 Å². The monoisotopic (exact) mass is 743 g/mol. The molecule has 0 amide bonds. The van der Waals surface area contributed by atoms with Crippen molar-refractivity contribution in [1.82, 2.24) is 0 Å². The van der Waals surface area contributed by atoms with E-state index < -0.39 is 0 Å². The molecule has 11 rings (SSSR count). The van der Waals surface area contributed by atoms with Crippen LogP contribution in [0.2, 0.25) is 0 Å². The Bertz CT molecular complexity index is 2710. The molecule has 0 saturated carbocycles. The smallest absolute Gasteiger partial charge is 0.260 e. The van der Waals surface area contributed by atoms with Gasteiger partial charge in [-0.25, -0.2) is 0 Å². The Balaban J connectivity index is 1.30. The van der Waals surface area contributed by atoms with Crippen molar-refractivity contribution in [2.45, 2.75) is 103 Å². The molecule has 0 radical (unpaired) electrons. The number of fused-ring (bicyclic) bond motifs is 11. The highest BCUT2D eigenvalue weighted by molar-refractivity contribution is 7.29. The third kappa shape index (κ3) is 4.31. The van der Waals surface area contributed by atoms with Crippen LogP contribution in [0.25, 0.3) is 42.4 Å². The lowest BCUT2D eigenvalue weighted by atomic mass is 9.40. The molecule has 2 aliphatic carbocycles. The summed E-state index contributed by atoms with van der Waals surface area (Å²) in [5, 5.41) is 5.31. The van der Waals surface area contributed by atoms with E-state index >= 15 is 0 Å². The van der Waals surface area contributed by atoms with E-state index in [0.717, 1.165) is 0 Å². The second-order valence-corrected chi connectivity index (χ2v) is 22.0. The average Bonchev–Trinajstić information content (AvgIpc) is 3.91. The average molecular weight is 744 g/mol. The van der Waals surface area contributed by atoms with Crippen LogP contribution in [0.4, 0.5) is 17.1 Å². The summed E-state index contributed by atoms with van der Waals surface area (Å²) in [5.74, 6) is 0. The second-order valence-electron chi connectivity index (χ2n) is 19.0. The lowest BCUT2D eigenvalue weighted by molar-refractivity contribution is 0.338. The molecule has 0 fully saturated rings. The Morgan fingerprint density at radius 3 is 2.06 bits per heavy atom. The van der Waals surface area contributed by atoms with Crippen molar-refractivity contribution in [3.05, 3.63) is 105 Å². The van der Waals surface area contributed by atoms with E-state index in [0.29, 0.717) is 0 Å². The molecular formula is C48H46BNS3. The molecule has 0 N–H and O–H groups in total. The molecule has 2 aliphatic heterocycles. The second kappa shape index (κ2) is 10.6. The van der Waals surface area contributed by atoms with Gasteiger partial charge in [0.1, 0.15) is 0 Å². The molecule has 0 bridgehead atoms. The van der Waals surface area contributed by atoms with Crippen LogP contribution in [-0.4, -0.2) is 6.71 Å². The van der Waals surface area contributed by atoms with Gasteiger partial charge in [0.25, 0.3) is 6.71 Å². The molecule has 0 spiro atoms. The number of benzene rings is 4. The molecule has 3 aromatic heterocycles. The van der Waals surface area contributed by atoms with Crippen LogP contribution >= 0.6 is 34.0 Å². The Kier molecular flexibility index (Phi) is 6.53. The Morgan fingerprint density at radius 1 is 0.585 bits per heavy atom. The number of hydrogen-bond acceptors (Lipinski definition) is 4. The summed E-state index contributed by atoms with van der Waals surface area (Å²) in [4.78, 5) is 6.03. The van der Waals surface area contributed by atoms with Crippen LogP contribution in [0.15, 0.2) is 84.2 Å². The lowest BCUT2D eigenvalue weighted by Gasteiger charge is -2.44. The Hall–Kier alpha value is -3.64. The summed E-state index contributed by atoms with van der Waals surface area (Å²) in [5.41, 5.74) is 16.4. The van der Waals surface area contributed by atoms with Gasteiger partial charge in [-0.15, -0.1) is 22.7 Å². The van der Waals surface area contributed by atoms with Gasteiger partial charge in [0.2, 0.25) is 0 Å². The zero-order valence-corrected chi connectivity index (χ0v) is 34.6. The molecule has 5 heterocycles.